The summed E-state index contributed by atoms with van der Waals surface area (Å²) in [6.45, 7) is 4.84. The quantitative estimate of drug-likeness (QED) is 0.854. The van der Waals surface area contributed by atoms with E-state index in [1.807, 2.05) is 0 Å². The average Bonchev–Trinajstić information content (AvgIpc) is 2.25. The highest BCUT2D eigenvalue weighted by Gasteiger charge is 2.29. The van der Waals surface area contributed by atoms with Crippen LogP contribution in [0.25, 0.3) is 0 Å². The van der Waals surface area contributed by atoms with Crippen LogP contribution in [0.5, 0.6) is 0 Å². The number of hydrogen-bond acceptors (Lipinski definition) is 3. The van der Waals surface area contributed by atoms with Crippen molar-refractivity contribution in [2.45, 2.75) is 30.4 Å². The van der Waals surface area contributed by atoms with Crippen LogP contribution in [0, 0.1) is 5.82 Å². The molecule has 0 amide bonds. The third kappa shape index (κ3) is 3.88. The lowest BCUT2D eigenvalue weighted by atomic mass is 10.3. The molecule has 0 aliphatic rings. The van der Waals surface area contributed by atoms with E-state index in [9.17, 15) is 17.0 Å². The number of rotatable bonds is 4. The van der Waals surface area contributed by atoms with E-state index >= 15 is 0 Å². The summed E-state index contributed by atoms with van der Waals surface area (Å²) >= 11 is 0. The Morgan fingerprint density at radius 2 is 1.67 bits per heavy atom. The van der Waals surface area contributed by atoms with E-state index in [1.165, 1.54) is 24.3 Å². The molecule has 0 radical (unpaired) electrons. The van der Waals surface area contributed by atoms with Crippen LogP contribution in [0.1, 0.15) is 20.8 Å². The smallest absolute Gasteiger partial charge is 0.156 e. The lowest BCUT2D eigenvalue weighted by molar-refractivity contribution is 0.561. The van der Waals surface area contributed by atoms with E-state index in [4.69, 9.17) is 0 Å². The summed E-state index contributed by atoms with van der Waals surface area (Å²) in [6, 6.07) is 5.25. The summed E-state index contributed by atoms with van der Waals surface area (Å²) in [4.78, 5) is 0.445. The molecule has 102 valence electrons. The van der Waals surface area contributed by atoms with Crippen molar-refractivity contribution in [2.24, 2.45) is 0 Å². The van der Waals surface area contributed by atoms with Crippen LogP contribution in [0.15, 0.2) is 29.2 Å². The number of halogens is 1. The average molecular weight is 292 g/mol. The molecule has 18 heavy (non-hydrogen) atoms. The van der Waals surface area contributed by atoms with Gasteiger partial charge in [-0.05, 0) is 45.0 Å². The topological polar surface area (TPSA) is 51.2 Å². The second kappa shape index (κ2) is 5.48. The van der Waals surface area contributed by atoms with E-state index in [-0.39, 0.29) is 11.5 Å². The number of sulfone groups is 1. The molecule has 0 heterocycles. The standard InChI is InChI=1S/C12H17FO3S2/c1-12(2,3)18(15,16)9-8-17(14)11-6-4-10(13)5-7-11/h4-7H,8-9H2,1-3H3. The molecule has 0 aliphatic heterocycles. The lowest BCUT2D eigenvalue weighted by Gasteiger charge is -2.18. The van der Waals surface area contributed by atoms with Gasteiger partial charge in [-0.25, -0.2) is 12.8 Å². The van der Waals surface area contributed by atoms with E-state index in [2.05, 4.69) is 0 Å². The van der Waals surface area contributed by atoms with Crippen molar-refractivity contribution < 1.29 is 17.0 Å². The van der Waals surface area contributed by atoms with Gasteiger partial charge in [0.05, 0.1) is 21.3 Å². The van der Waals surface area contributed by atoms with Crippen molar-refractivity contribution in [3.8, 4) is 0 Å². The molecule has 1 aromatic carbocycles. The fourth-order valence-corrected chi connectivity index (χ4v) is 3.97. The summed E-state index contributed by atoms with van der Waals surface area (Å²) in [5.41, 5.74) is 0. The van der Waals surface area contributed by atoms with Crippen LogP contribution >= 0.6 is 0 Å². The molecule has 3 nitrogen and oxygen atoms in total. The van der Waals surface area contributed by atoms with Gasteiger partial charge in [0.15, 0.2) is 9.84 Å². The molecule has 0 bridgehead atoms. The van der Waals surface area contributed by atoms with Gasteiger partial charge < -0.3 is 0 Å². The minimum absolute atomic E-state index is 0.0330. The van der Waals surface area contributed by atoms with Crippen LogP contribution in [0.4, 0.5) is 4.39 Å². The molecule has 6 heteroatoms. The van der Waals surface area contributed by atoms with Gasteiger partial charge in [-0.15, -0.1) is 0 Å². The molecule has 1 aromatic rings. The summed E-state index contributed by atoms with van der Waals surface area (Å²) in [7, 11) is -4.69. The molecule has 0 N–H and O–H groups in total. The Kier molecular flexibility index (Phi) is 4.66. The van der Waals surface area contributed by atoms with Gasteiger partial charge in [-0.3, -0.25) is 4.21 Å². The van der Waals surface area contributed by atoms with Gasteiger partial charge in [-0.2, -0.15) is 0 Å². The Bertz CT molecular complexity index is 527. The highest BCUT2D eigenvalue weighted by molar-refractivity contribution is 7.94. The molecule has 0 fully saturated rings. The minimum Gasteiger partial charge on any atom is -0.254 e. The first-order valence-electron chi connectivity index (χ1n) is 5.50. The van der Waals surface area contributed by atoms with E-state index < -0.39 is 31.2 Å². The molecular formula is C12H17FO3S2. The van der Waals surface area contributed by atoms with Gasteiger partial charge >= 0.3 is 0 Å². The SMILES string of the molecule is CC(C)(C)S(=O)(=O)CCS(=O)c1ccc(F)cc1. The highest BCUT2D eigenvalue weighted by atomic mass is 32.2. The maximum absolute atomic E-state index is 12.7. The Balaban J connectivity index is 2.71. The van der Waals surface area contributed by atoms with Crippen LogP contribution in [-0.4, -0.2) is 28.9 Å². The molecule has 0 aliphatic carbocycles. The van der Waals surface area contributed by atoms with Gasteiger partial charge in [0.1, 0.15) is 5.82 Å². The third-order valence-electron chi connectivity index (χ3n) is 2.55. The normalized spacial score (nSPS) is 14.4. The molecule has 0 saturated carbocycles. The summed E-state index contributed by atoms with van der Waals surface area (Å²) in [5, 5.41) is 0. The number of benzene rings is 1. The van der Waals surface area contributed by atoms with Crippen molar-refractivity contribution in [3.05, 3.63) is 30.1 Å². The van der Waals surface area contributed by atoms with Gasteiger partial charge in [-0.1, -0.05) is 0 Å². The molecule has 1 rings (SSSR count). The zero-order chi connectivity index (χ0) is 14.0. The molecule has 0 saturated heterocycles. The first-order valence-corrected chi connectivity index (χ1v) is 8.47. The molecule has 1 unspecified atom stereocenters. The maximum Gasteiger partial charge on any atom is 0.156 e. The van der Waals surface area contributed by atoms with E-state index in [1.54, 1.807) is 20.8 Å². The molecule has 0 spiro atoms. The molecular weight excluding hydrogens is 275 g/mol. The predicted molar refractivity (Wildman–Crippen MR) is 71.2 cm³/mol. The Morgan fingerprint density at radius 1 is 1.17 bits per heavy atom. The fourth-order valence-electron chi connectivity index (χ4n) is 1.20. The van der Waals surface area contributed by atoms with E-state index in [0.29, 0.717) is 4.90 Å². The van der Waals surface area contributed by atoms with Crippen molar-refractivity contribution in [1.82, 2.24) is 0 Å². The van der Waals surface area contributed by atoms with Crippen molar-refractivity contribution in [3.63, 3.8) is 0 Å². The second-order valence-corrected chi connectivity index (χ2v) is 9.37. The van der Waals surface area contributed by atoms with Crippen LogP contribution in [0.2, 0.25) is 0 Å². The largest absolute Gasteiger partial charge is 0.254 e. The van der Waals surface area contributed by atoms with Crippen molar-refractivity contribution in [1.29, 1.82) is 0 Å². The predicted octanol–water partition coefficient (Wildman–Crippen LogP) is 2.15. The Morgan fingerprint density at radius 3 is 2.11 bits per heavy atom. The van der Waals surface area contributed by atoms with Crippen LogP contribution in [-0.2, 0) is 20.6 Å². The van der Waals surface area contributed by atoms with Crippen molar-refractivity contribution >= 4 is 20.6 Å². The minimum atomic E-state index is -3.28. The third-order valence-corrected chi connectivity index (χ3v) is 6.79. The van der Waals surface area contributed by atoms with Crippen LogP contribution in [0.3, 0.4) is 0 Å². The molecule has 1 atom stereocenters. The second-order valence-electron chi connectivity index (χ2n) is 4.93. The zero-order valence-corrected chi connectivity index (χ0v) is 12.3. The fraction of sp³-hybridized carbons (Fsp3) is 0.500. The first kappa shape index (κ1) is 15.3. The molecule has 0 aromatic heterocycles. The summed E-state index contributed by atoms with van der Waals surface area (Å²) < 4.78 is 47.4. The van der Waals surface area contributed by atoms with Gasteiger partial charge in [0.2, 0.25) is 0 Å². The van der Waals surface area contributed by atoms with Gasteiger partial charge in [0.25, 0.3) is 0 Å². The maximum atomic E-state index is 12.7. The van der Waals surface area contributed by atoms with E-state index in [0.717, 1.165) is 0 Å². The number of hydrogen-bond donors (Lipinski definition) is 0. The Hall–Kier alpha value is -0.750. The highest BCUT2D eigenvalue weighted by Crippen LogP contribution is 2.17. The summed E-state index contributed by atoms with van der Waals surface area (Å²) in [5.74, 6) is -0.510. The Labute approximate surface area is 110 Å². The van der Waals surface area contributed by atoms with Crippen molar-refractivity contribution in [2.75, 3.05) is 11.5 Å². The monoisotopic (exact) mass is 292 g/mol. The van der Waals surface area contributed by atoms with Gasteiger partial charge in [0, 0.05) is 10.6 Å². The van der Waals surface area contributed by atoms with Crippen LogP contribution < -0.4 is 0 Å². The summed E-state index contributed by atoms with van der Waals surface area (Å²) in [6.07, 6.45) is 0. The lowest BCUT2D eigenvalue weighted by Crippen LogP contribution is -2.32. The zero-order valence-electron chi connectivity index (χ0n) is 10.6. The first-order chi connectivity index (χ1) is 8.13.